The van der Waals surface area contributed by atoms with Gasteiger partial charge in [-0.25, -0.2) is 4.79 Å². The highest BCUT2D eigenvalue weighted by Crippen LogP contribution is 2.27. The topological polar surface area (TPSA) is 171 Å². The van der Waals surface area contributed by atoms with E-state index >= 15 is 0 Å². The number of Topliss-reactive ketones (excluding diaryl/α,β-unsaturated/α-hetero) is 1. The lowest BCUT2D eigenvalue weighted by molar-refractivity contribution is -0.143. The van der Waals surface area contributed by atoms with Gasteiger partial charge in [0.05, 0.1) is 6.04 Å². The molecule has 240 valence electrons. The van der Waals surface area contributed by atoms with Crippen molar-refractivity contribution >= 4 is 29.5 Å². The van der Waals surface area contributed by atoms with Gasteiger partial charge in [0.1, 0.15) is 17.8 Å². The molecule has 6 N–H and O–H groups in total. The molecule has 43 heavy (non-hydrogen) atoms. The molecule has 0 radical (unpaired) electrons. The number of hydrogen-bond acceptors (Lipinski definition) is 6. The molecule has 0 bridgehead atoms. The molecule has 1 heterocycles. The molecular formula is C32H51N5O6. The average molecular weight is 602 g/mol. The summed E-state index contributed by atoms with van der Waals surface area (Å²) in [6.45, 7) is 13.7. The molecule has 1 aromatic rings. The van der Waals surface area contributed by atoms with Crippen molar-refractivity contribution in [2.75, 3.05) is 6.54 Å². The van der Waals surface area contributed by atoms with Crippen molar-refractivity contribution in [3.63, 3.8) is 0 Å². The predicted molar refractivity (Wildman–Crippen MR) is 165 cm³/mol. The maximum atomic E-state index is 13.9. The fourth-order valence-electron chi connectivity index (χ4n) is 5.61. The molecule has 0 saturated carbocycles. The van der Waals surface area contributed by atoms with E-state index < -0.39 is 58.6 Å². The van der Waals surface area contributed by atoms with Crippen LogP contribution in [0, 0.1) is 11.3 Å². The van der Waals surface area contributed by atoms with E-state index in [2.05, 4.69) is 16.0 Å². The minimum Gasteiger partial charge on any atom is -0.508 e. The summed E-state index contributed by atoms with van der Waals surface area (Å²) in [7, 11) is 0. The lowest BCUT2D eigenvalue weighted by Gasteiger charge is -2.37. The fraction of sp³-hybridized carbons (Fsp3) is 0.656. The quantitative estimate of drug-likeness (QED) is 0.205. The molecule has 0 aromatic heterocycles. The van der Waals surface area contributed by atoms with Crippen molar-refractivity contribution in [3.8, 4) is 5.75 Å². The van der Waals surface area contributed by atoms with E-state index in [1.807, 2.05) is 60.6 Å². The van der Waals surface area contributed by atoms with E-state index in [-0.39, 0.29) is 18.1 Å². The third-order valence-corrected chi connectivity index (χ3v) is 8.19. The maximum Gasteiger partial charge on any atom is 0.315 e. The van der Waals surface area contributed by atoms with Crippen LogP contribution in [0.25, 0.3) is 0 Å². The second kappa shape index (κ2) is 15.2. The molecule has 0 aliphatic carbocycles. The summed E-state index contributed by atoms with van der Waals surface area (Å²) >= 11 is 0. The van der Waals surface area contributed by atoms with E-state index in [9.17, 15) is 29.1 Å². The Kier molecular flexibility index (Phi) is 12.6. The minimum atomic E-state index is -1.11. The van der Waals surface area contributed by atoms with Crippen LogP contribution in [-0.4, -0.2) is 69.8 Å². The van der Waals surface area contributed by atoms with Crippen LogP contribution in [0.3, 0.4) is 0 Å². The van der Waals surface area contributed by atoms with Gasteiger partial charge in [-0.15, -0.1) is 0 Å². The molecule has 5 atom stereocenters. The number of hydrogen-bond donors (Lipinski definition) is 5. The molecule has 11 nitrogen and oxygen atoms in total. The number of benzene rings is 1. The van der Waals surface area contributed by atoms with Gasteiger partial charge in [0.2, 0.25) is 17.6 Å². The molecule has 11 heteroatoms. The summed E-state index contributed by atoms with van der Waals surface area (Å²) < 4.78 is 0. The molecule has 1 aromatic carbocycles. The van der Waals surface area contributed by atoms with Gasteiger partial charge in [-0.2, -0.15) is 0 Å². The Morgan fingerprint density at radius 1 is 1.05 bits per heavy atom. The molecule has 1 aliphatic heterocycles. The maximum absolute atomic E-state index is 13.9. The van der Waals surface area contributed by atoms with Gasteiger partial charge in [-0.05, 0) is 68.1 Å². The van der Waals surface area contributed by atoms with Gasteiger partial charge in [0.15, 0.2) is 0 Å². The van der Waals surface area contributed by atoms with Crippen molar-refractivity contribution in [2.24, 2.45) is 17.1 Å². The summed E-state index contributed by atoms with van der Waals surface area (Å²) in [5, 5.41) is 18.3. The van der Waals surface area contributed by atoms with Crippen molar-refractivity contribution in [1.29, 1.82) is 0 Å². The summed E-state index contributed by atoms with van der Waals surface area (Å²) in [6, 6.07) is 3.49. The van der Waals surface area contributed by atoms with Crippen molar-refractivity contribution < 1.29 is 29.1 Å². The first kappa shape index (κ1) is 35.6. The predicted octanol–water partition coefficient (Wildman–Crippen LogP) is 3.17. The number of carbonyl (C=O) groups excluding carboxylic acids is 5. The molecule has 1 fully saturated rings. The highest BCUT2D eigenvalue weighted by Gasteiger charge is 2.43. The van der Waals surface area contributed by atoms with Gasteiger partial charge in [0.25, 0.3) is 5.91 Å². The monoisotopic (exact) mass is 601 g/mol. The molecule has 1 aliphatic rings. The SMILES string of the molecule is CCCC(C)(Cc1ccc(O)cc1)NC(=O)NC(C(=O)N1CCCC1C(=O)NC(CC(C)CC)C(=O)C(N)=O)C(C)(C)C. The van der Waals surface area contributed by atoms with Crippen LogP contribution in [0.5, 0.6) is 5.75 Å². The molecule has 0 spiro atoms. The van der Waals surface area contributed by atoms with E-state index in [0.717, 1.165) is 18.4 Å². The highest BCUT2D eigenvalue weighted by atomic mass is 16.3. The van der Waals surface area contributed by atoms with Crippen LogP contribution in [0.15, 0.2) is 24.3 Å². The molecule has 2 rings (SSSR count). The van der Waals surface area contributed by atoms with Gasteiger partial charge < -0.3 is 31.7 Å². The zero-order valence-corrected chi connectivity index (χ0v) is 26.8. The van der Waals surface area contributed by atoms with Crippen molar-refractivity contribution in [1.82, 2.24) is 20.9 Å². The Bertz CT molecular complexity index is 1150. The Morgan fingerprint density at radius 3 is 2.21 bits per heavy atom. The van der Waals surface area contributed by atoms with Crippen LogP contribution in [-0.2, 0) is 25.6 Å². The second-order valence-electron chi connectivity index (χ2n) is 13.3. The third-order valence-electron chi connectivity index (χ3n) is 8.19. The van der Waals surface area contributed by atoms with Gasteiger partial charge in [-0.1, -0.05) is 66.5 Å². The smallest absolute Gasteiger partial charge is 0.315 e. The second-order valence-corrected chi connectivity index (χ2v) is 13.3. The average Bonchev–Trinajstić information content (AvgIpc) is 3.41. The lowest BCUT2D eigenvalue weighted by atomic mass is 9.85. The van der Waals surface area contributed by atoms with Crippen LogP contribution >= 0.6 is 0 Å². The number of aromatic hydroxyl groups is 1. The van der Waals surface area contributed by atoms with Crippen LogP contribution < -0.4 is 21.7 Å². The van der Waals surface area contributed by atoms with E-state index in [0.29, 0.717) is 32.2 Å². The van der Waals surface area contributed by atoms with Gasteiger partial charge in [0, 0.05) is 12.1 Å². The van der Waals surface area contributed by atoms with Crippen LogP contribution in [0.2, 0.25) is 0 Å². The first-order chi connectivity index (χ1) is 20.0. The Balaban J connectivity index is 2.21. The summed E-state index contributed by atoms with van der Waals surface area (Å²) in [5.74, 6) is -2.66. The summed E-state index contributed by atoms with van der Waals surface area (Å²) in [4.78, 5) is 66.3. The molecule has 5 unspecified atom stereocenters. The fourth-order valence-corrected chi connectivity index (χ4v) is 5.61. The van der Waals surface area contributed by atoms with E-state index in [1.54, 1.807) is 12.1 Å². The zero-order chi connectivity index (χ0) is 32.5. The zero-order valence-electron chi connectivity index (χ0n) is 26.8. The number of amides is 5. The van der Waals surface area contributed by atoms with E-state index in [1.165, 1.54) is 4.90 Å². The number of phenolic OH excluding ortho intramolecular Hbond substituents is 1. The lowest BCUT2D eigenvalue weighted by Crippen LogP contribution is -2.61. The largest absolute Gasteiger partial charge is 0.508 e. The van der Waals surface area contributed by atoms with Gasteiger partial charge >= 0.3 is 6.03 Å². The normalized spacial score (nSPS) is 18.6. The summed E-state index contributed by atoms with van der Waals surface area (Å²) in [6.07, 6.45) is 4.01. The minimum absolute atomic E-state index is 0.0651. The number of rotatable bonds is 14. The van der Waals surface area contributed by atoms with Crippen molar-refractivity contribution in [2.45, 2.75) is 117 Å². The van der Waals surface area contributed by atoms with Crippen LogP contribution in [0.1, 0.15) is 92.6 Å². The number of carbonyl (C=O) groups is 5. The number of nitrogens with two attached hydrogens (primary N) is 1. The Hall–Kier alpha value is -3.63. The molecular weight excluding hydrogens is 550 g/mol. The molecule has 1 saturated heterocycles. The number of ketones is 1. The molecule has 5 amide bonds. The Morgan fingerprint density at radius 2 is 1.67 bits per heavy atom. The Labute approximate surface area is 255 Å². The number of urea groups is 1. The first-order valence-corrected chi connectivity index (χ1v) is 15.3. The first-order valence-electron chi connectivity index (χ1n) is 15.3. The number of primary amides is 1. The number of nitrogens with zero attached hydrogens (tertiary/aromatic N) is 1. The van der Waals surface area contributed by atoms with Gasteiger partial charge in [-0.3, -0.25) is 19.2 Å². The number of nitrogens with one attached hydrogen (secondary N) is 3. The van der Waals surface area contributed by atoms with E-state index in [4.69, 9.17) is 5.73 Å². The summed E-state index contributed by atoms with van der Waals surface area (Å²) in [5.41, 5.74) is 4.89. The number of phenols is 1. The standard InChI is InChI=1S/C32H51N5O6/c1-8-16-32(7,19-21-12-14-22(38)15-13-21)36-30(43)35-26(31(4,5)6)29(42)37-17-10-11-24(37)28(41)34-23(18-20(3)9-2)25(39)27(33)40/h12-15,20,23-24,26,38H,8-11,16-19H2,1-7H3,(H2,33,40)(H,34,41)(H2,35,36,43). The third kappa shape index (κ3) is 10.2. The highest BCUT2D eigenvalue weighted by molar-refractivity contribution is 6.37. The number of likely N-dealkylation sites (tertiary alicyclic amines) is 1. The van der Waals surface area contributed by atoms with Crippen LogP contribution in [0.4, 0.5) is 4.79 Å². The van der Waals surface area contributed by atoms with Crippen molar-refractivity contribution in [3.05, 3.63) is 29.8 Å².